The second-order valence-corrected chi connectivity index (χ2v) is 6.93. The van der Waals surface area contributed by atoms with Crippen LogP contribution < -0.4 is 0 Å². The molecule has 0 amide bonds. The number of aliphatic carboxylic acids is 1. The van der Waals surface area contributed by atoms with Gasteiger partial charge in [-0.1, -0.05) is 39.2 Å². The summed E-state index contributed by atoms with van der Waals surface area (Å²) in [4.78, 5) is 10.6. The van der Waals surface area contributed by atoms with E-state index < -0.39 is 14.4 Å². The molecule has 0 rings (SSSR count). The molecule has 3 nitrogen and oxygen atoms in total. The number of carboxylic acids is 1. The Kier molecular flexibility index (Phi) is 4.92. The molecule has 0 aliphatic heterocycles. The average Bonchev–Trinajstić information content (AvgIpc) is 1.94. The molecule has 0 heterocycles. The molecule has 1 unspecified atom stereocenters. The van der Waals surface area contributed by atoms with E-state index in [1.807, 2.05) is 13.8 Å². The molecule has 0 aromatic rings. The van der Waals surface area contributed by atoms with Crippen LogP contribution in [0.1, 0.15) is 47.5 Å². The van der Waals surface area contributed by atoms with Crippen molar-refractivity contribution in [2.75, 3.05) is 0 Å². The zero-order chi connectivity index (χ0) is 12.3. The van der Waals surface area contributed by atoms with Crippen LogP contribution in [0.3, 0.4) is 0 Å². The summed E-state index contributed by atoms with van der Waals surface area (Å²) < 4.78 is 11.1. The molecule has 88 valence electrons. The first-order valence-corrected chi connectivity index (χ1v) is 6.16. The molecule has 0 spiro atoms. The smallest absolute Gasteiger partial charge is 0.329 e. The predicted octanol–water partition coefficient (Wildman–Crippen LogP) is 3.32. The summed E-state index contributed by atoms with van der Waals surface area (Å²) in [5, 5.41) is 8.74. The summed E-state index contributed by atoms with van der Waals surface area (Å²) in [6.45, 7) is 10.3. The maximum atomic E-state index is 11.1. The molecule has 0 saturated heterocycles. The Morgan fingerprint density at radius 1 is 1.27 bits per heavy atom. The van der Waals surface area contributed by atoms with Crippen molar-refractivity contribution in [2.45, 2.75) is 53.1 Å². The standard InChI is InChI=1S/C11H21O3P/c1-10(2,3)7-11(4,5)8(15-14)6-9(12)13/h8H,6-7H2,1-5H3,(H,12,13)/p+1/t8-/m1/s1. The van der Waals surface area contributed by atoms with Gasteiger partial charge in [-0.2, -0.15) is 0 Å². The molecule has 15 heavy (non-hydrogen) atoms. The summed E-state index contributed by atoms with van der Waals surface area (Å²) in [7, 11) is -0.552. The fraction of sp³-hybridized carbons (Fsp3) is 0.909. The molecule has 0 bridgehead atoms. The van der Waals surface area contributed by atoms with Crippen molar-refractivity contribution in [3.05, 3.63) is 0 Å². The highest BCUT2D eigenvalue weighted by molar-refractivity contribution is 7.24. The minimum absolute atomic E-state index is 0.00890. The van der Waals surface area contributed by atoms with Crippen LogP contribution in [0, 0.1) is 10.8 Å². The fourth-order valence-corrected chi connectivity index (χ4v) is 2.82. The Morgan fingerprint density at radius 2 is 1.73 bits per heavy atom. The van der Waals surface area contributed by atoms with Gasteiger partial charge in [0.05, 0.1) is 6.42 Å². The van der Waals surface area contributed by atoms with Crippen LogP contribution in [0.2, 0.25) is 0 Å². The van der Waals surface area contributed by atoms with Crippen LogP contribution in [0.15, 0.2) is 0 Å². The van der Waals surface area contributed by atoms with Gasteiger partial charge in [-0.05, 0) is 11.8 Å². The van der Waals surface area contributed by atoms with Gasteiger partial charge in [0.25, 0.3) is 0 Å². The SMILES string of the molecule is CC(C)(C)CC(C)(C)[C@@H](CC(=O)O)[PH+]=O. The quantitative estimate of drug-likeness (QED) is 0.741. The third-order valence-corrected chi connectivity index (χ3v) is 3.72. The van der Waals surface area contributed by atoms with E-state index in [2.05, 4.69) is 20.8 Å². The predicted molar refractivity (Wildman–Crippen MR) is 62.9 cm³/mol. The highest BCUT2D eigenvalue weighted by Gasteiger charge is 2.40. The van der Waals surface area contributed by atoms with Crippen molar-refractivity contribution in [1.82, 2.24) is 0 Å². The van der Waals surface area contributed by atoms with Gasteiger partial charge in [0.15, 0.2) is 5.66 Å². The lowest BCUT2D eigenvalue weighted by Gasteiger charge is -2.32. The third kappa shape index (κ3) is 5.88. The zero-order valence-corrected chi connectivity index (χ0v) is 11.3. The summed E-state index contributed by atoms with van der Waals surface area (Å²) in [5.74, 6) is -0.870. The Hall–Kier alpha value is -0.430. The molecule has 0 radical (unpaired) electrons. The van der Waals surface area contributed by atoms with E-state index in [-0.39, 0.29) is 22.9 Å². The maximum Gasteiger partial charge on any atom is 0.329 e. The van der Waals surface area contributed by atoms with Gasteiger partial charge in [0, 0.05) is 5.41 Å². The van der Waals surface area contributed by atoms with Crippen molar-refractivity contribution in [2.24, 2.45) is 10.8 Å². The molecule has 0 saturated carbocycles. The number of rotatable bonds is 5. The molecule has 0 aromatic carbocycles. The molecular weight excluding hydrogens is 211 g/mol. The van der Waals surface area contributed by atoms with Gasteiger partial charge in [-0.15, -0.1) is 0 Å². The molecule has 4 heteroatoms. The lowest BCUT2D eigenvalue weighted by atomic mass is 9.73. The van der Waals surface area contributed by atoms with Gasteiger partial charge in [-0.3, -0.25) is 4.79 Å². The fourth-order valence-electron chi connectivity index (χ4n) is 2.14. The Labute approximate surface area is 93.5 Å². The Bertz CT molecular complexity index is 241. The van der Waals surface area contributed by atoms with Crippen molar-refractivity contribution in [1.29, 1.82) is 0 Å². The van der Waals surface area contributed by atoms with Gasteiger partial charge < -0.3 is 5.11 Å². The monoisotopic (exact) mass is 233 g/mol. The highest BCUT2D eigenvalue weighted by Crippen LogP contribution is 2.41. The van der Waals surface area contributed by atoms with Crippen LogP contribution in [-0.2, 0) is 9.36 Å². The Morgan fingerprint density at radius 3 is 2.00 bits per heavy atom. The lowest BCUT2D eigenvalue weighted by molar-refractivity contribution is -0.137. The summed E-state index contributed by atoms with van der Waals surface area (Å²) in [5.41, 5.74) is -0.328. The van der Waals surface area contributed by atoms with E-state index >= 15 is 0 Å². The average molecular weight is 233 g/mol. The van der Waals surface area contributed by atoms with Crippen molar-refractivity contribution in [3.8, 4) is 0 Å². The van der Waals surface area contributed by atoms with Gasteiger partial charge in [0.2, 0.25) is 0 Å². The van der Waals surface area contributed by atoms with E-state index in [1.54, 1.807) is 0 Å². The third-order valence-electron chi connectivity index (χ3n) is 2.45. The van der Waals surface area contributed by atoms with E-state index in [0.717, 1.165) is 6.42 Å². The van der Waals surface area contributed by atoms with Gasteiger partial charge in [-0.25, -0.2) is 0 Å². The summed E-state index contributed by atoms with van der Waals surface area (Å²) in [6, 6.07) is 0. The maximum absolute atomic E-state index is 11.1. The highest BCUT2D eigenvalue weighted by atomic mass is 31.1. The molecular formula is C11H22O3P+. The van der Waals surface area contributed by atoms with E-state index in [1.165, 1.54) is 0 Å². The first-order valence-electron chi connectivity index (χ1n) is 5.18. The van der Waals surface area contributed by atoms with E-state index in [4.69, 9.17) is 5.11 Å². The van der Waals surface area contributed by atoms with Gasteiger partial charge in [0.1, 0.15) is 0 Å². The minimum atomic E-state index is -0.870. The van der Waals surface area contributed by atoms with Crippen LogP contribution in [0.25, 0.3) is 0 Å². The minimum Gasteiger partial charge on any atom is -0.481 e. The van der Waals surface area contributed by atoms with Crippen LogP contribution in [-0.4, -0.2) is 16.7 Å². The second-order valence-electron chi connectivity index (χ2n) is 5.99. The van der Waals surface area contributed by atoms with Crippen LogP contribution >= 0.6 is 8.46 Å². The number of hydrogen-bond acceptors (Lipinski definition) is 2. The normalized spacial score (nSPS) is 15.3. The summed E-state index contributed by atoms with van der Waals surface area (Å²) >= 11 is 0. The Balaban J connectivity index is 4.65. The molecule has 0 aromatic heterocycles. The molecule has 1 N–H and O–H groups in total. The van der Waals surface area contributed by atoms with E-state index in [0.29, 0.717) is 0 Å². The van der Waals surface area contributed by atoms with Crippen molar-refractivity contribution >= 4 is 14.4 Å². The molecule has 0 aliphatic carbocycles. The molecule has 0 fully saturated rings. The first-order chi connectivity index (χ1) is 6.58. The summed E-state index contributed by atoms with van der Waals surface area (Å²) in [6.07, 6.45) is 0.859. The zero-order valence-electron chi connectivity index (χ0n) is 10.3. The van der Waals surface area contributed by atoms with Crippen LogP contribution in [0.5, 0.6) is 0 Å². The van der Waals surface area contributed by atoms with Crippen molar-refractivity contribution < 1.29 is 14.5 Å². The van der Waals surface area contributed by atoms with Gasteiger partial charge >= 0.3 is 14.4 Å². The molecule has 0 aliphatic rings. The topological polar surface area (TPSA) is 54.4 Å². The van der Waals surface area contributed by atoms with Crippen molar-refractivity contribution in [3.63, 3.8) is 0 Å². The number of hydrogen-bond donors (Lipinski definition) is 1. The largest absolute Gasteiger partial charge is 0.481 e. The molecule has 2 atom stereocenters. The van der Waals surface area contributed by atoms with E-state index in [9.17, 15) is 9.36 Å². The number of carboxylic acid groups (broad SMARTS) is 1. The number of carbonyl (C=O) groups is 1. The van der Waals surface area contributed by atoms with Crippen LogP contribution in [0.4, 0.5) is 0 Å². The first kappa shape index (κ1) is 14.6. The second kappa shape index (κ2) is 5.07. The lowest BCUT2D eigenvalue weighted by Crippen LogP contribution is -2.31.